The molecule has 1 rings (SSSR count). The van der Waals surface area contributed by atoms with Crippen molar-refractivity contribution in [2.75, 3.05) is 0 Å². The van der Waals surface area contributed by atoms with E-state index >= 15 is 0 Å². The van der Waals surface area contributed by atoms with Gasteiger partial charge in [0.1, 0.15) is 0 Å². The van der Waals surface area contributed by atoms with Gasteiger partial charge in [0.15, 0.2) is 0 Å². The molecule has 0 aliphatic rings. The van der Waals surface area contributed by atoms with E-state index < -0.39 is 0 Å². The van der Waals surface area contributed by atoms with Crippen LogP contribution in [0.1, 0.15) is 24.7 Å². The van der Waals surface area contributed by atoms with Gasteiger partial charge in [-0.15, -0.1) is 0 Å². The van der Waals surface area contributed by atoms with Crippen molar-refractivity contribution in [3.63, 3.8) is 0 Å². The van der Waals surface area contributed by atoms with E-state index in [1.807, 2.05) is 19.9 Å². The molecule has 1 atom stereocenters. The van der Waals surface area contributed by atoms with Crippen molar-refractivity contribution in [2.45, 2.75) is 32.9 Å². The number of hydrogen-bond acceptors (Lipinski definition) is 3. The number of aromatic amines is 1. The van der Waals surface area contributed by atoms with Crippen LogP contribution < -0.4 is 5.32 Å². The smallest absolute Gasteiger partial charge is 0.0953 e. The van der Waals surface area contributed by atoms with Gasteiger partial charge in [0.05, 0.1) is 17.8 Å². The summed E-state index contributed by atoms with van der Waals surface area (Å²) in [4.78, 5) is 0. The van der Waals surface area contributed by atoms with Gasteiger partial charge in [-0.05, 0) is 19.4 Å². The average molecular weight is 178 g/mol. The highest BCUT2D eigenvalue weighted by molar-refractivity contribution is 5.06. The fourth-order valence-electron chi connectivity index (χ4n) is 1.08. The molecule has 1 unspecified atom stereocenters. The summed E-state index contributed by atoms with van der Waals surface area (Å²) in [6.07, 6.45) is 0.823. The molecule has 0 fully saturated rings. The van der Waals surface area contributed by atoms with E-state index in [9.17, 15) is 0 Å². The lowest BCUT2D eigenvalue weighted by Gasteiger charge is -2.06. The van der Waals surface area contributed by atoms with Crippen molar-refractivity contribution in [3.8, 4) is 6.07 Å². The molecule has 0 aromatic carbocycles. The van der Waals surface area contributed by atoms with Crippen molar-refractivity contribution in [1.29, 1.82) is 5.26 Å². The van der Waals surface area contributed by atoms with Crippen LogP contribution in [0.2, 0.25) is 0 Å². The molecule has 1 aromatic heterocycles. The molecule has 0 radical (unpaired) electrons. The van der Waals surface area contributed by atoms with Gasteiger partial charge < -0.3 is 0 Å². The molecule has 0 spiro atoms. The summed E-state index contributed by atoms with van der Waals surface area (Å²) in [6.45, 7) is 4.59. The Kier molecular flexibility index (Phi) is 3.47. The van der Waals surface area contributed by atoms with E-state index in [1.165, 1.54) is 0 Å². The Hall–Kier alpha value is -1.34. The minimum Gasteiger partial charge on any atom is -0.296 e. The van der Waals surface area contributed by atoms with Gasteiger partial charge in [0, 0.05) is 12.2 Å². The summed E-state index contributed by atoms with van der Waals surface area (Å²) >= 11 is 0. The molecule has 1 aromatic rings. The second-order valence-corrected chi connectivity index (χ2v) is 3.01. The van der Waals surface area contributed by atoms with Crippen molar-refractivity contribution < 1.29 is 0 Å². The van der Waals surface area contributed by atoms with Gasteiger partial charge in [0.25, 0.3) is 0 Å². The van der Waals surface area contributed by atoms with Crippen LogP contribution >= 0.6 is 0 Å². The zero-order valence-corrected chi connectivity index (χ0v) is 7.96. The maximum Gasteiger partial charge on any atom is 0.0953 e. The lowest BCUT2D eigenvalue weighted by atomic mass is 10.2. The average Bonchev–Trinajstić information content (AvgIpc) is 2.53. The van der Waals surface area contributed by atoms with Crippen LogP contribution in [-0.4, -0.2) is 16.2 Å². The Bertz CT molecular complexity index is 297. The number of nitrogens with zero attached hydrogens (tertiary/aromatic N) is 2. The fourth-order valence-corrected chi connectivity index (χ4v) is 1.08. The first kappa shape index (κ1) is 9.75. The Morgan fingerprint density at radius 1 is 1.77 bits per heavy atom. The Labute approximate surface area is 78.0 Å². The fraction of sp³-hybridized carbons (Fsp3) is 0.556. The van der Waals surface area contributed by atoms with E-state index in [1.54, 1.807) is 0 Å². The van der Waals surface area contributed by atoms with Gasteiger partial charge in [-0.3, -0.25) is 10.4 Å². The van der Waals surface area contributed by atoms with Gasteiger partial charge in [0.2, 0.25) is 0 Å². The van der Waals surface area contributed by atoms with E-state index in [4.69, 9.17) is 5.26 Å². The van der Waals surface area contributed by atoms with Crippen molar-refractivity contribution in [1.82, 2.24) is 15.5 Å². The summed E-state index contributed by atoms with van der Waals surface area (Å²) in [7, 11) is 0. The van der Waals surface area contributed by atoms with Crippen LogP contribution in [0.4, 0.5) is 0 Å². The lowest BCUT2D eigenvalue weighted by Crippen LogP contribution is -2.26. The Morgan fingerprint density at radius 3 is 3.00 bits per heavy atom. The van der Waals surface area contributed by atoms with E-state index in [0.29, 0.717) is 6.54 Å². The summed E-state index contributed by atoms with van der Waals surface area (Å²) < 4.78 is 0. The first-order valence-corrected chi connectivity index (χ1v) is 4.40. The topological polar surface area (TPSA) is 64.5 Å². The zero-order valence-electron chi connectivity index (χ0n) is 7.96. The van der Waals surface area contributed by atoms with Gasteiger partial charge >= 0.3 is 0 Å². The van der Waals surface area contributed by atoms with Crippen LogP contribution in [0, 0.1) is 18.3 Å². The monoisotopic (exact) mass is 178 g/mol. The van der Waals surface area contributed by atoms with E-state index in [2.05, 4.69) is 21.6 Å². The molecule has 70 valence electrons. The number of aromatic nitrogens is 2. The second kappa shape index (κ2) is 4.63. The molecule has 0 aliphatic carbocycles. The third kappa shape index (κ3) is 2.88. The summed E-state index contributed by atoms with van der Waals surface area (Å²) in [6, 6.07) is 4.09. The Morgan fingerprint density at radius 2 is 2.54 bits per heavy atom. The number of rotatable bonds is 4. The summed E-state index contributed by atoms with van der Waals surface area (Å²) in [5, 5.41) is 18.7. The van der Waals surface area contributed by atoms with Crippen molar-refractivity contribution in [2.24, 2.45) is 0 Å². The molecule has 13 heavy (non-hydrogen) atoms. The third-order valence-corrected chi connectivity index (χ3v) is 1.86. The second-order valence-electron chi connectivity index (χ2n) is 3.01. The van der Waals surface area contributed by atoms with Gasteiger partial charge in [-0.25, -0.2) is 0 Å². The summed E-state index contributed by atoms with van der Waals surface area (Å²) in [5.74, 6) is 0. The molecular weight excluding hydrogens is 164 g/mol. The van der Waals surface area contributed by atoms with E-state index in [0.717, 1.165) is 17.8 Å². The molecule has 4 nitrogen and oxygen atoms in total. The SMILES string of the molecule is CCC(C#N)NCc1cc(C)n[nH]1. The van der Waals surface area contributed by atoms with Crippen LogP contribution in [0.3, 0.4) is 0 Å². The number of aryl methyl sites for hydroxylation is 1. The molecule has 0 aliphatic heterocycles. The Balaban J connectivity index is 2.39. The van der Waals surface area contributed by atoms with Crippen molar-refractivity contribution >= 4 is 0 Å². The predicted molar refractivity (Wildman–Crippen MR) is 49.9 cm³/mol. The third-order valence-electron chi connectivity index (χ3n) is 1.86. The largest absolute Gasteiger partial charge is 0.296 e. The van der Waals surface area contributed by atoms with Crippen molar-refractivity contribution in [3.05, 3.63) is 17.5 Å². The highest BCUT2D eigenvalue weighted by Crippen LogP contribution is 1.98. The molecule has 0 amide bonds. The number of nitriles is 1. The molecule has 0 saturated heterocycles. The number of H-pyrrole nitrogens is 1. The molecular formula is C9H14N4. The highest BCUT2D eigenvalue weighted by atomic mass is 15.1. The minimum absolute atomic E-state index is 0.0661. The maximum absolute atomic E-state index is 8.67. The maximum atomic E-state index is 8.67. The number of nitrogens with one attached hydrogen (secondary N) is 2. The van der Waals surface area contributed by atoms with E-state index in [-0.39, 0.29) is 6.04 Å². The van der Waals surface area contributed by atoms with Crippen LogP contribution in [0.15, 0.2) is 6.07 Å². The predicted octanol–water partition coefficient (Wildman–Crippen LogP) is 1.11. The quantitative estimate of drug-likeness (QED) is 0.725. The van der Waals surface area contributed by atoms with Gasteiger partial charge in [-0.2, -0.15) is 10.4 Å². The standard InChI is InChI=1S/C9H14N4/c1-3-8(5-10)11-6-9-4-7(2)12-13-9/h4,8,11H,3,6H2,1-2H3,(H,12,13). The number of hydrogen-bond donors (Lipinski definition) is 2. The molecule has 4 heteroatoms. The van der Waals surface area contributed by atoms with Crippen LogP contribution in [-0.2, 0) is 6.54 Å². The molecule has 0 bridgehead atoms. The van der Waals surface area contributed by atoms with Crippen LogP contribution in [0.5, 0.6) is 0 Å². The molecule has 1 heterocycles. The first-order chi connectivity index (χ1) is 6.26. The molecule has 0 saturated carbocycles. The normalized spacial score (nSPS) is 12.4. The lowest BCUT2D eigenvalue weighted by molar-refractivity contribution is 0.579. The molecule has 2 N–H and O–H groups in total. The summed E-state index contributed by atoms with van der Waals surface area (Å²) in [5.41, 5.74) is 1.99. The minimum atomic E-state index is -0.0661. The zero-order chi connectivity index (χ0) is 9.68. The van der Waals surface area contributed by atoms with Crippen LogP contribution in [0.25, 0.3) is 0 Å². The first-order valence-electron chi connectivity index (χ1n) is 4.40. The highest BCUT2D eigenvalue weighted by Gasteiger charge is 2.03. The van der Waals surface area contributed by atoms with Gasteiger partial charge in [-0.1, -0.05) is 6.92 Å².